The number of methoxy groups -OCH3 is 1. The lowest BCUT2D eigenvalue weighted by atomic mass is 10.2. The Morgan fingerprint density at radius 3 is 1.78 bits per heavy atom. The van der Waals surface area contributed by atoms with Gasteiger partial charge in [-0.05, 0) is 24.3 Å². The quantitative estimate of drug-likeness (QED) is 0.308. The molecule has 0 saturated heterocycles. The molecule has 0 aliphatic carbocycles. The summed E-state index contributed by atoms with van der Waals surface area (Å²) < 4.78 is 14.8. The zero-order chi connectivity index (χ0) is 19.7. The molecule has 0 heterocycles. The molecule has 2 rings (SSSR count). The molecule has 0 bridgehead atoms. The van der Waals surface area contributed by atoms with Gasteiger partial charge in [0, 0.05) is 7.11 Å². The van der Waals surface area contributed by atoms with E-state index in [2.05, 4.69) is 4.89 Å². The van der Waals surface area contributed by atoms with Crippen molar-refractivity contribution >= 4 is 17.7 Å². The van der Waals surface area contributed by atoms with Crippen molar-refractivity contribution in [3.05, 3.63) is 71.8 Å². The first kappa shape index (κ1) is 20.2. The molecule has 0 saturated carbocycles. The molecule has 0 radical (unpaired) electrons. The van der Waals surface area contributed by atoms with Crippen LogP contribution in [0.15, 0.2) is 60.7 Å². The molecule has 2 aromatic carbocycles. The Morgan fingerprint density at radius 2 is 1.33 bits per heavy atom. The Kier molecular flexibility index (Phi) is 7.18. The summed E-state index contributed by atoms with van der Waals surface area (Å²) in [4.78, 5) is 40.4. The number of carbonyl (C=O) groups is 3. The summed E-state index contributed by atoms with van der Waals surface area (Å²) in [5.74, 6) is -4.75. The van der Waals surface area contributed by atoms with Crippen molar-refractivity contribution in [1.29, 1.82) is 0 Å². The first-order valence-corrected chi connectivity index (χ1v) is 7.88. The van der Waals surface area contributed by atoms with Crippen LogP contribution in [0.25, 0.3) is 0 Å². The zero-order valence-electron chi connectivity index (χ0n) is 14.5. The molecule has 0 aliphatic heterocycles. The van der Waals surface area contributed by atoms with Crippen LogP contribution < -0.4 is 0 Å². The second kappa shape index (κ2) is 9.58. The van der Waals surface area contributed by atoms with Gasteiger partial charge in [-0.15, -0.1) is 0 Å². The molecule has 8 nitrogen and oxygen atoms in total. The zero-order valence-corrected chi connectivity index (χ0v) is 14.5. The third-order valence-electron chi connectivity index (χ3n) is 3.65. The minimum absolute atomic E-state index is 0.239. The van der Waals surface area contributed by atoms with Crippen LogP contribution in [0.3, 0.4) is 0 Å². The first-order valence-electron chi connectivity index (χ1n) is 7.88. The van der Waals surface area contributed by atoms with Crippen LogP contribution in [0.4, 0.5) is 0 Å². The van der Waals surface area contributed by atoms with Crippen LogP contribution in [-0.4, -0.2) is 49.1 Å². The molecule has 0 fully saturated rings. The third kappa shape index (κ3) is 5.20. The van der Waals surface area contributed by atoms with Crippen molar-refractivity contribution in [2.45, 2.75) is 5.79 Å². The van der Waals surface area contributed by atoms with Crippen LogP contribution in [0.5, 0.6) is 0 Å². The number of rotatable bonds is 9. The van der Waals surface area contributed by atoms with Crippen molar-refractivity contribution in [3.63, 3.8) is 0 Å². The fraction of sp³-hybridized carbons (Fsp3) is 0.211. The second-order valence-electron chi connectivity index (χ2n) is 5.36. The van der Waals surface area contributed by atoms with Gasteiger partial charge in [0.15, 0.2) is 13.2 Å². The molecule has 142 valence electrons. The third-order valence-corrected chi connectivity index (χ3v) is 3.65. The number of ether oxygens (including phenoxy) is 3. The van der Waals surface area contributed by atoms with E-state index in [1.165, 1.54) is 24.3 Å². The van der Waals surface area contributed by atoms with Gasteiger partial charge in [-0.3, -0.25) is 4.79 Å². The minimum atomic E-state index is -2.32. The fourth-order valence-corrected chi connectivity index (χ4v) is 2.08. The Balaban J connectivity index is 1.98. The van der Waals surface area contributed by atoms with Crippen molar-refractivity contribution in [1.82, 2.24) is 0 Å². The smallest absolute Gasteiger partial charge is 0.338 e. The van der Waals surface area contributed by atoms with E-state index in [1.54, 1.807) is 36.4 Å². The molecular weight excluding hydrogens is 356 g/mol. The first-order chi connectivity index (χ1) is 13.0. The monoisotopic (exact) mass is 374 g/mol. The largest absolute Gasteiger partial charge is 0.456 e. The average Bonchev–Trinajstić information content (AvgIpc) is 2.74. The van der Waals surface area contributed by atoms with Gasteiger partial charge in [-0.25, -0.2) is 14.8 Å². The number of benzene rings is 2. The van der Waals surface area contributed by atoms with Gasteiger partial charge in [0.1, 0.15) is 0 Å². The summed E-state index contributed by atoms with van der Waals surface area (Å²) in [6.45, 7) is -1.50. The molecule has 2 aromatic rings. The number of carbonyl (C=O) groups excluding carboxylic acids is 3. The molecule has 27 heavy (non-hydrogen) atoms. The van der Waals surface area contributed by atoms with Gasteiger partial charge in [0.25, 0.3) is 5.79 Å². The summed E-state index contributed by atoms with van der Waals surface area (Å²) in [6.07, 6.45) is 0. The Bertz CT molecular complexity index is 769. The Morgan fingerprint density at radius 1 is 0.852 bits per heavy atom. The van der Waals surface area contributed by atoms with Crippen LogP contribution in [0.1, 0.15) is 20.7 Å². The highest BCUT2D eigenvalue weighted by Gasteiger charge is 2.43. The van der Waals surface area contributed by atoms with Gasteiger partial charge in [0.05, 0.1) is 11.1 Å². The van der Waals surface area contributed by atoms with Gasteiger partial charge in [-0.2, -0.15) is 4.89 Å². The van der Waals surface area contributed by atoms with Crippen molar-refractivity contribution < 1.29 is 38.7 Å². The topological polar surface area (TPSA) is 108 Å². The van der Waals surface area contributed by atoms with E-state index >= 15 is 0 Å². The molecule has 1 atom stereocenters. The van der Waals surface area contributed by atoms with Gasteiger partial charge in [-0.1, -0.05) is 36.4 Å². The molecule has 1 unspecified atom stereocenters. The summed E-state index contributed by atoms with van der Waals surface area (Å²) in [5, 5.41) is 9.14. The normalized spacial score (nSPS) is 12.7. The predicted molar refractivity (Wildman–Crippen MR) is 91.9 cm³/mol. The highest BCUT2D eigenvalue weighted by atomic mass is 17.1. The summed E-state index contributed by atoms with van der Waals surface area (Å²) in [7, 11) is 1.07. The van der Waals surface area contributed by atoms with Crippen molar-refractivity contribution in [2.75, 3.05) is 20.3 Å². The van der Waals surface area contributed by atoms with Crippen molar-refractivity contribution in [3.8, 4) is 0 Å². The minimum Gasteiger partial charge on any atom is -0.456 e. The standard InChI is InChI=1S/C19H18O8/c1-24-19(27-23,13-26-18(22)15-10-6-3-7-11-15)16(20)12-25-17(21)14-8-4-2-5-9-14/h2-11,23H,12-13H2,1H3. The van der Waals surface area contributed by atoms with Gasteiger partial charge in [0.2, 0.25) is 5.78 Å². The van der Waals surface area contributed by atoms with Gasteiger partial charge >= 0.3 is 11.9 Å². The lowest BCUT2D eigenvalue weighted by molar-refractivity contribution is -0.386. The molecular formula is C19H18O8. The van der Waals surface area contributed by atoms with E-state index in [9.17, 15) is 14.4 Å². The van der Waals surface area contributed by atoms with Gasteiger partial charge < -0.3 is 14.2 Å². The summed E-state index contributed by atoms with van der Waals surface area (Å²) in [6, 6.07) is 16.0. The van der Waals surface area contributed by atoms with Crippen molar-refractivity contribution in [2.24, 2.45) is 0 Å². The maximum Gasteiger partial charge on any atom is 0.338 e. The maximum absolute atomic E-state index is 12.3. The SMILES string of the molecule is COC(COC(=O)c1ccccc1)(OO)C(=O)COC(=O)c1ccccc1. The summed E-state index contributed by atoms with van der Waals surface area (Å²) >= 11 is 0. The van der Waals surface area contributed by atoms with E-state index in [0.717, 1.165) is 7.11 Å². The molecule has 0 spiro atoms. The second-order valence-corrected chi connectivity index (χ2v) is 5.36. The number of hydrogen-bond acceptors (Lipinski definition) is 8. The number of esters is 2. The number of ketones is 1. The maximum atomic E-state index is 12.3. The molecule has 0 amide bonds. The predicted octanol–water partition coefficient (Wildman–Crippen LogP) is 2.10. The van der Waals surface area contributed by atoms with Crippen LogP contribution in [0.2, 0.25) is 0 Å². The van der Waals surface area contributed by atoms with E-state index in [4.69, 9.17) is 19.5 Å². The lowest BCUT2D eigenvalue weighted by Crippen LogP contribution is -2.49. The van der Waals surface area contributed by atoms with E-state index in [0.29, 0.717) is 0 Å². The molecule has 0 aromatic heterocycles. The molecule has 8 heteroatoms. The average molecular weight is 374 g/mol. The van der Waals surface area contributed by atoms with Crippen LogP contribution >= 0.6 is 0 Å². The van der Waals surface area contributed by atoms with E-state index in [1.807, 2.05) is 0 Å². The molecule has 0 aliphatic rings. The fourth-order valence-electron chi connectivity index (χ4n) is 2.08. The van der Waals surface area contributed by atoms with Crippen LogP contribution in [0, 0.1) is 0 Å². The highest BCUT2D eigenvalue weighted by molar-refractivity contribution is 5.94. The molecule has 1 N–H and O–H groups in total. The Labute approximate surface area is 155 Å². The number of hydrogen-bond donors (Lipinski definition) is 1. The van der Waals surface area contributed by atoms with Crippen LogP contribution in [-0.2, 0) is 23.9 Å². The number of Topliss-reactive ketones (excluding diaryl/α,β-unsaturated/α-hetero) is 1. The summed E-state index contributed by atoms with van der Waals surface area (Å²) in [5.41, 5.74) is 0.483. The Hall–Kier alpha value is -3.07. The van der Waals surface area contributed by atoms with E-state index in [-0.39, 0.29) is 11.1 Å². The lowest BCUT2D eigenvalue weighted by Gasteiger charge is -2.26. The highest BCUT2D eigenvalue weighted by Crippen LogP contribution is 2.16. The van der Waals surface area contributed by atoms with E-state index < -0.39 is 36.7 Å².